The van der Waals surface area contributed by atoms with Gasteiger partial charge in [-0.1, -0.05) is 50.8 Å². The van der Waals surface area contributed by atoms with Crippen LogP contribution in [-0.4, -0.2) is 7.11 Å². The van der Waals surface area contributed by atoms with E-state index in [1.54, 1.807) is 7.11 Å². The molecule has 1 nitrogen and oxygen atoms in total. The standard InChI is InChI=1S/C16H22O/c1-13(12-14-6-4-3-5-7-14)15-8-10-16(17-2)11-9-15/h8-11,14H,1,3-7,12H2,2H3. The van der Waals surface area contributed by atoms with Gasteiger partial charge in [-0.3, -0.25) is 0 Å². The number of hydrogen-bond acceptors (Lipinski definition) is 1. The van der Waals surface area contributed by atoms with E-state index in [1.165, 1.54) is 43.2 Å². The van der Waals surface area contributed by atoms with E-state index in [1.807, 2.05) is 12.1 Å². The van der Waals surface area contributed by atoms with Crippen molar-refractivity contribution in [3.05, 3.63) is 36.4 Å². The zero-order valence-corrected chi connectivity index (χ0v) is 10.7. The van der Waals surface area contributed by atoms with Gasteiger partial charge in [0.15, 0.2) is 0 Å². The second-order valence-electron chi connectivity index (χ2n) is 5.04. The highest BCUT2D eigenvalue weighted by Gasteiger charge is 2.14. The fourth-order valence-electron chi connectivity index (χ4n) is 2.68. The van der Waals surface area contributed by atoms with Crippen molar-refractivity contribution in [2.75, 3.05) is 7.11 Å². The number of allylic oxidation sites excluding steroid dienone is 1. The Balaban J connectivity index is 1.93. The average molecular weight is 230 g/mol. The molecule has 1 aliphatic rings. The van der Waals surface area contributed by atoms with Crippen molar-refractivity contribution in [1.82, 2.24) is 0 Å². The number of methoxy groups -OCH3 is 1. The molecule has 1 aromatic rings. The van der Waals surface area contributed by atoms with Crippen molar-refractivity contribution in [2.24, 2.45) is 5.92 Å². The Hall–Kier alpha value is -1.24. The minimum atomic E-state index is 0.860. The molecule has 0 heterocycles. The first-order valence-electron chi connectivity index (χ1n) is 6.62. The predicted molar refractivity (Wildman–Crippen MR) is 73.2 cm³/mol. The highest BCUT2D eigenvalue weighted by Crippen LogP contribution is 2.32. The summed E-state index contributed by atoms with van der Waals surface area (Å²) in [5, 5.41) is 0. The summed E-state index contributed by atoms with van der Waals surface area (Å²) >= 11 is 0. The Morgan fingerprint density at radius 3 is 2.41 bits per heavy atom. The van der Waals surface area contributed by atoms with Gasteiger partial charge < -0.3 is 4.74 Å². The molecule has 0 spiro atoms. The van der Waals surface area contributed by atoms with Crippen LogP contribution in [0.15, 0.2) is 30.8 Å². The number of benzene rings is 1. The van der Waals surface area contributed by atoms with Crippen LogP contribution in [0.5, 0.6) is 5.75 Å². The van der Waals surface area contributed by atoms with Crippen molar-refractivity contribution in [1.29, 1.82) is 0 Å². The Morgan fingerprint density at radius 1 is 1.18 bits per heavy atom. The molecule has 0 aromatic heterocycles. The summed E-state index contributed by atoms with van der Waals surface area (Å²) < 4.78 is 5.17. The first-order valence-corrected chi connectivity index (χ1v) is 6.62. The summed E-state index contributed by atoms with van der Waals surface area (Å²) in [5.41, 5.74) is 2.54. The van der Waals surface area contributed by atoms with E-state index >= 15 is 0 Å². The topological polar surface area (TPSA) is 9.23 Å². The minimum absolute atomic E-state index is 0.860. The largest absolute Gasteiger partial charge is 0.497 e. The molecule has 1 heteroatoms. The highest BCUT2D eigenvalue weighted by molar-refractivity contribution is 5.64. The smallest absolute Gasteiger partial charge is 0.118 e. The average Bonchev–Trinajstić information content (AvgIpc) is 2.40. The van der Waals surface area contributed by atoms with Crippen molar-refractivity contribution < 1.29 is 4.74 Å². The third kappa shape index (κ3) is 3.36. The van der Waals surface area contributed by atoms with Gasteiger partial charge >= 0.3 is 0 Å². The Bertz CT molecular complexity index is 358. The van der Waals surface area contributed by atoms with Gasteiger partial charge in [-0.05, 0) is 35.6 Å². The molecule has 0 radical (unpaired) electrons. The lowest BCUT2D eigenvalue weighted by atomic mass is 9.84. The molecule has 1 fully saturated rings. The van der Waals surface area contributed by atoms with Gasteiger partial charge in [-0.2, -0.15) is 0 Å². The van der Waals surface area contributed by atoms with E-state index in [0.29, 0.717) is 0 Å². The number of hydrogen-bond donors (Lipinski definition) is 0. The van der Waals surface area contributed by atoms with Crippen molar-refractivity contribution in [2.45, 2.75) is 38.5 Å². The zero-order valence-electron chi connectivity index (χ0n) is 10.7. The quantitative estimate of drug-likeness (QED) is 0.729. The molecule has 0 saturated heterocycles. The van der Waals surface area contributed by atoms with Crippen LogP contribution in [0.1, 0.15) is 44.1 Å². The SMILES string of the molecule is C=C(CC1CCCCC1)c1ccc(OC)cc1. The van der Waals surface area contributed by atoms with Gasteiger partial charge in [0.1, 0.15) is 5.75 Å². The van der Waals surface area contributed by atoms with Crippen LogP contribution in [0.4, 0.5) is 0 Å². The molecule has 2 rings (SSSR count). The van der Waals surface area contributed by atoms with Crippen molar-refractivity contribution in [3.63, 3.8) is 0 Å². The van der Waals surface area contributed by atoms with Gasteiger partial charge in [0, 0.05) is 0 Å². The molecular formula is C16H22O. The Kier molecular flexibility index (Phi) is 4.24. The number of rotatable bonds is 4. The first kappa shape index (κ1) is 12.2. The highest BCUT2D eigenvalue weighted by atomic mass is 16.5. The van der Waals surface area contributed by atoms with Crippen LogP contribution < -0.4 is 4.74 Å². The number of ether oxygens (including phenoxy) is 1. The fraction of sp³-hybridized carbons (Fsp3) is 0.500. The van der Waals surface area contributed by atoms with E-state index in [-0.39, 0.29) is 0 Å². The first-order chi connectivity index (χ1) is 8.29. The summed E-state index contributed by atoms with van der Waals surface area (Å²) in [5.74, 6) is 1.78. The normalized spacial score (nSPS) is 16.8. The minimum Gasteiger partial charge on any atom is -0.497 e. The lowest BCUT2D eigenvalue weighted by Gasteiger charge is -2.22. The van der Waals surface area contributed by atoms with Gasteiger partial charge in [0.25, 0.3) is 0 Å². The third-order valence-electron chi connectivity index (χ3n) is 3.76. The summed E-state index contributed by atoms with van der Waals surface area (Å²) in [6, 6.07) is 8.26. The summed E-state index contributed by atoms with van der Waals surface area (Å²) in [7, 11) is 1.70. The molecule has 0 unspecified atom stereocenters. The maximum absolute atomic E-state index is 5.17. The van der Waals surface area contributed by atoms with Crippen LogP contribution in [-0.2, 0) is 0 Å². The summed E-state index contributed by atoms with van der Waals surface area (Å²) in [6.45, 7) is 4.23. The summed E-state index contributed by atoms with van der Waals surface area (Å²) in [4.78, 5) is 0. The predicted octanol–water partition coefficient (Wildman–Crippen LogP) is 4.68. The second-order valence-corrected chi connectivity index (χ2v) is 5.04. The molecule has 92 valence electrons. The monoisotopic (exact) mass is 230 g/mol. The van der Waals surface area contributed by atoms with Crippen LogP contribution in [0, 0.1) is 5.92 Å². The van der Waals surface area contributed by atoms with Gasteiger partial charge in [0.05, 0.1) is 7.11 Å². The Morgan fingerprint density at radius 2 is 1.82 bits per heavy atom. The van der Waals surface area contributed by atoms with Crippen LogP contribution in [0.3, 0.4) is 0 Å². The molecule has 0 bridgehead atoms. The molecule has 0 N–H and O–H groups in total. The maximum Gasteiger partial charge on any atom is 0.118 e. The van der Waals surface area contributed by atoms with E-state index in [4.69, 9.17) is 4.74 Å². The summed E-state index contributed by atoms with van der Waals surface area (Å²) in [6.07, 6.45) is 8.16. The molecule has 1 aliphatic carbocycles. The fourth-order valence-corrected chi connectivity index (χ4v) is 2.68. The van der Waals surface area contributed by atoms with E-state index < -0.39 is 0 Å². The van der Waals surface area contributed by atoms with Crippen LogP contribution in [0.2, 0.25) is 0 Å². The van der Waals surface area contributed by atoms with E-state index in [9.17, 15) is 0 Å². The molecule has 0 amide bonds. The lowest BCUT2D eigenvalue weighted by Crippen LogP contribution is -2.06. The molecule has 17 heavy (non-hydrogen) atoms. The molecule has 1 aromatic carbocycles. The molecule has 0 atom stereocenters. The zero-order chi connectivity index (χ0) is 12.1. The van der Waals surface area contributed by atoms with Crippen LogP contribution in [0.25, 0.3) is 5.57 Å². The van der Waals surface area contributed by atoms with Gasteiger partial charge in [-0.15, -0.1) is 0 Å². The van der Waals surface area contributed by atoms with Crippen molar-refractivity contribution >= 4 is 5.57 Å². The van der Waals surface area contributed by atoms with E-state index in [2.05, 4.69) is 18.7 Å². The molecule has 1 saturated carbocycles. The third-order valence-corrected chi connectivity index (χ3v) is 3.76. The van der Waals surface area contributed by atoms with Crippen molar-refractivity contribution in [3.8, 4) is 5.75 Å². The second kappa shape index (κ2) is 5.90. The molecular weight excluding hydrogens is 208 g/mol. The van der Waals surface area contributed by atoms with Gasteiger partial charge in [-0.25, -0.2) is 0 Å². The maximum atomic E-state index is 5.17. The van der Waals surface area contributed by atoms with E-state index in [0.717, 1.165) is 18.1 Å². The molecule has 0 aliphatic heterocycles. The lowest BCUT2D eigenvalue weighted by molar-refractivity contribution is 0.365. The Labute approximate surface area is 104 Å². The van der Waals surface area contributed by atoms with Crippen LogP contribution >= 0.6 is 0 Å². The van der Waals surface area contributed by atoms with Gasteiger partial charge in [0.2, 0.25) is 0 Å².